The maximum atomic E-state index is 6.02. The Bertz CT molecular complexity index is 397. The lowest BCUT2D eigenvalue weighted by atomic mass is 10.0. The summed E-state index contributed by atoms with van der Waals surface area (Å²) in [7, 11) is 4.15. The van der Waals surface area contributed by atoms with Gasteiger partial charge in [-0.05, 0) is 50.4 Å². The maximum Gasteiger partial charge on any atom is 0.0361 e. The lowest BCUT2D eigenvalue weighted by molar-refractivity contribution is 0.248. The molecule has 3 nitrogen and oxygen atoms in total. The van der Waals surface area contributed by atoms with Crippen LogP contribution in [0.4, 0.5) is 5.69 Å². The Hall–Kier alpha value is -1.06. The molecule has 0 aromatic heterocycles. The van der Waals surface area contributed by atoms with Crippen LogP contribution in [0.1, 0.15) is 31.9 Å². The molecule has 1 saturated heterocycles. The van der Waals surface area contributed by atoms with E-state index in [4.69, 9.17) is 5.73 Å². The van der Waals surface area contributed by atoms with Crippen molar-refractivity contribution in [3.8, 4) is 0 Å². The third-order valence-corrected chi connectivity index (χ3v) is 4.44. The first-order valence-corrected chi connectivity index (χ1v) is 7.26. The van der Waals surface area contributed by atoms with Crippen molar-refractivity contribution in [3.63, 3.8) is 0 Å². The zero-order valence-corrected chi connectivity index (χ0v) is 12.6. The van der Waals surface area contributed by atoms with E-state index < -0.39 is 0 Å². The molecule has 106 valence electrons. The van der Waals surface area contributed by atoms with Gasteiger partial charge in [0, 0.05) is 38.4 Å². The molecule has 0 amide bonds. The summed E-state index contributed by atoms with van der Waals surface area (Å²) in [5, 5.41) is 0. The van der Waals surface area contributed by atoms with Gasteiger partial charge in [0.05, 0.1) is 0 Å². The molecule has 1 fully saturated rings. The van der Waals surface area contributed by atoms with E-state index in [1.54, 1.807) is 0 Å². The Balaban J connectivity index is 2.02. The van der Waals surface area contributed by atoms with Gasteiger partial charge in [-0.3, -0.25) is 4.90 Å². The van der Waals surface area contributed by atoms with Gasteiger partial charge in [0.2, 0.25) is 0 Å². The predicted molar refractivity (Wildman–Crippen MR) is 82.5 cm³/mol. The Kier molecular flexibility index (Phi) is 4.48. The first kappa shape index (κ1) is 14.4. The first-order chi connectivity index (χ1) is 8.99. The van der Waals surface area contributed by atoms with E-state index in [1.807, 2.05) is 0 Å². The van der Waals surface area contributed by atoms with Crippen LogP contribution >= 0.6 is 0 Å². The van der Waals surface area contributed by atoms with Gasteiger partial charge < -0.3 is 10.6 Å². The fourth-order valence-corrected chi connectivity index (χ4v) is 2.86. The number of nitrogens with two attached hydrogens (primary N) is 1. The maximum absolute atomic E-state index is 6.02. The highest BCUT2D eigenvalue weighted by Gasteiger charge is 2.28. The molecule has 0 bridgehead atoms. The van der Waals surface area contributed by atoms with Gasteiger partial charge in [-0.2, -0.15) is 0 Å². The summed E-state index contributed by atoms with van der Waals surface area (Å²) in [6.45, 7) is 6.73. The first-order valence-electron chi connectivity index (χ1n) is 7.26. The van der Waals surface area contributed by atoms with Crippen molar-refractivity contribution < 1.29 is 0 Å². The van der Waals surface area contributed by atoms with E-state index in [1.165, 1.54) is 24.2 Å². The van der Waals surface area contributed by atoms with E-state index in [0.29, 0.717) is 18.0 Å². The Morgan fingerprint density at radius 1 is 1.21 bits per heavy atom. The number of hydrogen-bond donors (Lipinski definition) is 1. The molecule has 1 aliphatic rings. The second-order valence-electron chi connectivity index (χ2n) is 6.06. The Labute approximate surface area is 117 Å². The van der Waals surface area contributed by atoms with Crippen LogP contribution in [0.5, 0.6) is 0 Å². The van der Waals surface area contributed by atoms with Gasteiger partial charge >= 0.3 is 0 Å². The molecule has 19 heavy (non-hydrogen) atoms. The number of rotatable bonds is 4. The standard InChI is InChI=1S/C16H27N3/c1-12(17)15-9-10-19(11-15)13(2)14-5-7-16(8-6-14)18(3)4/h5-8,12-13,15H,9-11,17H2,1-4H3. The minimum absolute atomic E-state index is 0.313. The van der Waals surface area contributed by atoms with Crippen LogP contribution in [0.15, 0.2) is 24.3 Å². The topological polar surface area (TPSA) is 32.5 Å². The third-order valence-electron chi connectivity index (χ3n) is 4.44. The quantitative estimate of drug-likeness (QED) is 0.904. The fourth-order valence-electron chi connectivity index (χ4n) is 2.86. The number of hydrogen-bond acceptors (Lipinski definition) is 3. The van der Waals surface area contributed by atoms with Crippen LogP contribution in [0.3, 0.4) is 0 Å². The van der Waals surface area contributed by atoms with Crippen LogP contribution in [-0.4, -0.2) is 38.1 Å². The normalized spacial score (nSPS) is 23.3. The molecule has 1 heterocycles. The zero-order chi connectivity index (χ0) is 14.0. The number of benzene rings is 1. The molecule has 3 atom stereocenters. The zero-order valence-electron chi connectivity index (χ0n) is 12.6. The van der Waals surface area contributed by atoms with Gasteiger partial charge in [-0.25, -0.2) is 0 Å². The summed E-state index contributed by atoms with van der Waals surface area (Å²) in [6.07, 6.45) is 1.23. The number of likely N-dealkylation sites (tertiary alicyclic amines) is 1. The summed E-state index contributed by atoms with van der Waals surface area (Å²) in [6, 6.07) is 9.70. The van der Waals surface area contributed by atoms with Gasteiger partial charge in [-0.15, -0.1) is 0 Å². The molecular formula is C16H27N3. The van der Waals surface area contributed by atoms with E-state index >= 15 is 0 Å². The molecule has 0 aliphatic carbocycles. The summed E-state index contributed by atoms with van der Waals surface area (Å²) in [5.74, 6) is 0.656. The van der Waals surface area contributed by atoms with Crippen molar-refractivity contribution in [1.29, 1.82) is 0 Å². The van der Waals surface area contributed by atoms with Crippen LogP contribution in [0.2, 0.25) is 0 Å². The minimum Gasteiger partial charge on any atom is -0.378 e. The van der Waals surface area contributed by atoms with Crippen molar-refractivity contribution >= 4 is 5.69 Å². The van der Waals surface area contributed by atoms with E-state index in [-0.39, 0.29) is 0 Å². The van der Waals surface area contributed by atoms with E-state index in [9.17, 15) is 0 Å². The van der Waals surface area contributed by atoms with Crippen LogP contribution in [0.25, 0.3) is 0 Å². The van der Waals surface area contributed by atoms with Crippen molar-refractivity contribution in [3.05, 3.63) is 29.8 Å². The van der Waals surface area contributed by atoms with Crippen molar-refractivity contribution in [2.75, 3.05) is 32.1 Å². The minimum atomic E-state index is 0.313. The molecule has 1 aliphatic heterocycles. The average Bonchev–Trinajstić information content (AvgIpc) is 2.87. The molecule has 3 unspecified atom stereocenters. The molecule has 1 aromatic rings. The van der Waals surface area contributed by atoms with Crippen molar-refractivity contribution in [2.45, 2.75) is 32.4 Å². The van der Waals surface area contributed by atoms with Crippen molar-refractivity contribution in [1.82, 2.24) is 4.90 Å². The Morgan fingerprint density at radius 3 is 2.32 bits per heavy atom. The number of anilines is 1. The summed E-state index contributed by atoms with van der Waals surface area (Å²) >= 11 is 0. The van der Waals surface area contributed by atoms with Gasteiger partial charge in [0.15, 0.2) is 0 Å². The molecule has 2 N–H and O–H groups in total. The lowest BCUT2D eigenvalue weighted by Gasteiger charge is -2.26. The second kappa shape index (κ2) is 5.93. The molecule has 1 aromatic carbocycles. The monoisotopic (exact) mass is 261 g/mol. The fraction of sp³-hybridized carbons (Fsp3) is 0.625. The molecule has 0 spiro atoms. The van der Waals surface area contributed by atoms with E-state index in [0.717, 1.165) is 6.54 Å². The van der Waals surface area contributed by atoms with Crippen LogP contribution < -0.4 is 10.6 Å². The third kappa shape index (κ3) is 3.28. The summed E-state index contributed by atoms with van der Waals surface area (Å²) < 4.78 is 0. The van der Waals surface area contributed by atoms with Crippen LogP contribution in [0, 0.1) is 5.92 Å². The van der Waals surface area contributed by atoms with Gasteiger partial charge in [0.1, 0.15) is 0 Å². The molecular weight excluding hydrogens is 234 g/mol. The summed E-state index contributed by atoms with van der Waals surface area (Å²) in [4.78, 5) is 4.69. The smallest absolute Gasteiger partial charge is 0.0361 e. The molecule has 2 rings (SSSR count). The second-order valence-corrected chi connectivity index (χ2v) is 6.06. The molecule has 3 heteroatoms. The Morgan fingerprint density at radius 2 is 1.84 bits per heavy atom. The highest BCUT2D eigenvalue weighted by Crippen LogP contribution is 2.29. The van der Waals surface area contributed by atoms with Crippen molar-refractivity contribution in [2.24, 2.45) is 11.7 Å². The molecule has 0 saturated carbocycles. The average molecular weight is 261 g/mol. The number of nitrogens with zero attached hydrogens (tertiary/aromatic N) is 2. The van der Waals surface area contributed by atoms with Gasteiger partial charge in [0.25, 0.3) is 0 Å². The van der Waals surface area contributed by atoms with E-state index in [2.05, 4.69) is 62.0 Å². The molecule has 0 radical (unpaired) electrons. The summed E-state index contributed by atoms with van der Waals surface area (Å²) in [5.41, 5.74) is 8.67. The largest absolute Gasteiger partial charge is 0.378 e. The SMILES string of the molecule is CC(N)C1CCN(C(C)c2ccc(N(C)C)cc2)C1. The van der Waals surface area contributed by atoms with Crippen LogP contribution in [-0.2, 0) is 0 Å². The predicted octanol–water partition coefficient (Wildman–Crippen LogP) is 2.48. The lowest BCUT2D eigenvalue weighted by Crippen LogP contribution is -2.31. The highest BCUT2D eigenvalue weighted by molar-refractivity contribution is 5.46. The highest BCUT2D eigenvalue weighted by atomic mass is 15.2. The van der Waals surface area contributed by atoms with Gasteiger partial charge in [-0.1, -0.05) is 12.1 Å².